The number of nitrogens with zero attached hydrogens (tertiary/aromatic N) is 6. The first-order valence-electron chi connectivity index (χ1n) is 14.8. The normalized spacial score (nSPS) is 12.9. The van der Waals surface area contributed by atoms with Crippen LogP contribution in [0.3, 0.4) is 0 Å². The van der Waals surface area contributed by atoms with Crippen molar-refractivity contribution in [3.05, 3.63) is 143 Å². The van der Waals surface area contributed by atoms with Gasteiger partial charge in [0.05, 0.1) is 68.4 Å². The molecule has 5 aromatic rings. The minimum atomic E-state index is -0.325. The molecule has 0 aliphatic rings. The van der Waals surface area contributed by atoms with Crippen molar-refractivity contribution in [1.29, 1.82) is 0 Å². The Hall–Kier alpha value is -5.50. The third-order valence-corrected chi connectivity index (χ3v) is 7.34. The highest BCUT2D eigenvalue weighted by Gasteiger charge is 2.09. The molecule has 0 fully saturated rings. The summed E-state index contributed by atoms with van der Waals surface area (Å²) in [5.41, 5.74) is 10.2. The summed E-state index contributed by atoms with van der Waals surface area (Å²) in [7, 11) is 0. The third kappa shape index (κ3) is 7.95. The summed E-state index contributed by atoms with van der Waals surface area (Å²) in [5.74, 6) is -0.650. The molecule has 5 rings (SSSR count). The second-order valence-corrected chi connectivity index (χ2v) is 11.0. The maximum atomic E-state index is 13.7. The molecule has 8 heteroatoms. The fourth-order valence-corrected chi connectivity index (χ4v) is 4.66. The van der Waals surface area contributed by atoms with Gasteiger partial charge >= 0.3 is 0 Å². The Bertz CT molecular complexity index is 1880. The number of halogens is 2. The molecule has 0 bridgehead atoms. The molecule has 0 saturated heterocycles. The highest BCUT2D eigenvalue weighted by Crippen LogP contribution is 2.23. The zero-order chi connectivity index (χ0) is 32.8. The van der Waals surface area contributed by atoms with Gasteiger partial charge in [-0.3, -0.25) is 20.0 Å². The fraction of sp³-hybridized carbons (Fsp3) is 0.158. The number of pyridine rings is 2. The molecule has 0 atom stereocenters. The van der Waals surface area contributed by atoms with Gasteiger partial charge in [0.25, 0.3) is 0 Å². The van der Waals surface area contributed by atoms with Crippen LogP contribution in [0.2, 0.25) is 0 Å². The van der Waals surface area contributed by atoms with E-state index in [1.165, 1.54) is 24.3 Å². The maximum Gasteiger partial charge on any atom is 0.125 e. The molecule has 0 aliphatic carbocycles. The van der Waals surface area contributed by atoms with Crippen LogP contribution in [0, 0.1) is 25.5 Å². The predicted octanol–water partition coefficient (Wildman–Crippen LogP) is 9.93. The molecule has 6 nitrogen and oxygen atoms in total. The van der Waals surface area contributed by atoms with Crippen molar-refractivity contribution >= 4 is 45.6 Å². The van der Waals surface area contributed by atoms with Crippen molar-refractivity contribution < 1.29 is 8.78 Å². The number of benzene rings is 3. The molecule has 0 saturated carbocycles. The van der Waals surface area contributed by atoms with E-state index in [0.29, 0.717) is 34.2 Å². The molecule has 0 aliphatic heterocycles. The number of hydrogen-bond acceptors (Lipinski definition) is 6. The lowest BCUT2D eigenvalue weighted by molar-refractivity contribution is 0.627. The van der Waals surface area contributed by atoms with Gasteiger partial charge in [-0.1, -0.05) is 24.3 Å². The largest absolute Gasteiger partial charge is 0.252 e. The van der Waals surface area contributed by atoms with Gasteiger partial charge in [0.2, 0.25) is 0 Å². The summed E-state index contributed by atoms with van der Waals surface area (Å²) < 4.78 is 27.5. The van der Waals surface area contributed by atoms with Crippen molar-refractivity contribution in [3.63, 3.8) is 0 Å². The smallest absolute Gasteiger partial charge is 0.125 e. The summed E-state index contributed by atoms with van der Waals surface area (Å²) in [5, 5.41) is 0. The number of aryl methyl sites for hydroxylation is 2. The van der Waals surface area contributed by atoms with E-state index in [1.807, 2.05) is 102 Å². The fourth-order valence-electron chi connectivity index (χ4n) is 4.66. The lowest BCUT2D eigenvalue weighted by Crippen LogP contribution is -2.05. The Morgan fingerprint density at radius 3 is 1.13 bits per heavy atom. The van der Waals surface area contributed by atoms with Crippen LogP contribution >= 0.6 is 0 Å². The van der Waals surface area contributed by atoms with E-state index in [1.54, 1.807) is 12.1 Å². The summed E-state index contributed by atoms with van der Waals surface area (Å²) in [4.78, 5) is 28.2. The van der Waals surface area contributed by atoms with Crippen LogP contribution < -0.4 is 0 Å². The van der Waals surface area contributed by atoms with E-state index < -0.39 is 0 Å². The average molecular weight is 613 g/mol. The van der Waals surface area contributed by atoms with Crippen LogP contribution in [-0.4, -0.2) is 32.8 Å². The van der Waals surface area contributed by atoms with Crippen molar-refractivity contribution in [2.24, 2.45) is 20.0 Å². The first kappa shape index (κ1) is 31.9. The molecule has 230 valence electrons. The molecular formula is C38H34F2N6. The molecular weight excluding hydrogens is 578 g/mol. The van der Waals surface area contributed by atoms with Crippen molar-refractivity contribution in [3.8, 4) is 0 Å². The van der Waals surface area contributed by atoms with Crippen LogP contribution in [0.15, 0.2) is 117 Å². The topological polar surface area (TPSA) is 75.2 Å². The molecule has 2 aromatic heterocycles. The molecule has 0 N–H and O–H groups in total. The number of aliphatic imine (C=N–C) groups is 4. The molecule has 0 unspecified atom stereocenters. The van der Waals surface area contributed by atoms with E-state index >= 15 is 0 Å². The zero-order valence-corrected chi connectivity index (χ0v) is 26.7. The maximum absolute atomic E-state index is 13.7. The van der Waals surface area contributed by atoms with Crippen molar-refractivity contribution in [2.75, 3.05) is 0 Å². The molecule has 2 heterocycles. The van der Waals surface area contributed by atoms with E-state index in [9.17, 15) is 8.78 Å². The van der Waals surface area contributed by atoms with Gasteiger partial charge in [0.15, 0.2) is 0 Å². The number of rotatable bonds is 8. The van der Waals surface area contributed by atoms with Crippen LogP contribution in [0.1, 0.15) is 61.6 Å². The van der Waals surface area contributed by atoms with Crippen LogP contribution in [0.25, 0.3) is 0 Å². The van der Waals surface area contributed by atoms with Gasteiger partial charge in [0.1, 0.15) is 11.6 Å². The number of hydrogen-bond donors (Lipinski definition) is 0. The van der Waals surface area contributed by atoms with E-state index in [2.05, 4.69) is 9.98 Å². The minimum Gasteiger partial charge on any atom is -0.252 e. The second kappa shape index (κ2) is 14.1. The highest BCUT2D eigenvalue weighted by atomic mass is 19.1. The van der Waals surface area contributed by atoms with Gasteiger partial charge < -0.3 is 0 Å². The number of aromatic nitrogens is 2. The van der Waals surface area contributed by atoms with Gasteiger partial charge in [-0.2, -0.15) is 0 Å². The van der Waals surface area contributed by atoms with E-state index in [4.69, 9.17) is 20.0 Å². The Morgan fingerprint density at radius 2 is 0.783 bits per heavy atom. The standard InChI is InChI=1S/C38H34F2N6/c1-23-13-15-29(39)21-37(23)43-27(5)35-11-7-9-33(45-35)25(3)41-31-17-19-32(20-18-31)42-26(4)34-10-8-12-36(46-34)28(6)44-38-22-30(40)16-14-24(38)2/h7-22H,1-6H3. The lowest BCUT2D eigenvalue weighted by atomic mass is 10.1. The Kier molecular flexibility index (Phi) is 9.76. The minimum absolute atomic E-state index is 0.325. The van der Waals surface area contributed by atoms with E-state index in [-0.39, 0.29) is 11.6 Å². The summed E-state index contributed by atoms with van der Waals surface area (Å²) >= 11 is 0. The summed E-state index contributed by atoms with van der Waals surface area (Å²) in [6, 6.07) is 28.1. The van der Waals surface area contributed by atoms with Gasteiger partial charge in [-0.05, 0) is 125 Å². The van der Waals surface area contributed by atoms with Crippen molar-refractivity contribution in [2.45, 2.75) is 41.5 Å². The zero-order valence-electron chi connectivity index (χ0n) is 26.7. The average Bonchev–Trinajstić information content (AvgIpc) is 3.05. The van der Waals surface area contributed by atoms with E-state index in [0.717, 1.165) is 45.3 Å². The third-order valence-electron chi connectivity index (χ3n) is 7.34. The molecule has 3 aromatic carbocycles. The molecule has 0 radical (unpaired) electrons. The Balaban J connectivity index is 1.31. The monoisotopic (exact) mass is 612 g/mol. The predicted molar refractivity (Wildman–Crippen MR) is 185 cm³/mol. The van der Waals surface area contributed by atoms with Gasteiger partial charge in [0, 0.05) is 0 Å². The summed E-state index contributed by atoms with van der Waals surface area (Å²) in [6.45, 7) is 11.3. The first-order valence-corrected chi connectivity index (χ1v) is 14.8. The van der Waals surface area contributed by atoms with Gasteiger partial charge in [-0.25, -0.2) is 18.7 Å². The molecule has 46 heavy (non-hydrogen) atoms. The Morgan fingerprint density at radius 1 is 0.457 bits per heavy atom. The quantitative estimate of drug-likeness (QED) is 0.164. The second-order valence-electron chi connectivity index (χ2n) is 11.0. The lowest BCUT2D eigenvalue weighted by Gasteiger charge is -2.07. The van der Waals surface area contributed by atoms with Crippen LogP contribution in [-0.2, 0) is 0 Å². The first-order chi connectivity index (χ1) is 22.0. The van der Waals surface area contributed by atoms with Crippen LogP contribution in [0.4, 0.5) is 31.5 Å². The molecule has 0 spiro atoms. The van der Waals surface area contributed by atoms with Gasteiger partial charge in [-0.15, -0.1) is 0 Å². The van der Waals surface area contributed by atoms with Crippen molar-refractivity contribution in [1.82, 2.24) is 9.97 Å². The van der Waals surface area contributed by atoms with Crippen LogP contribution in [0.5, 0.6) is 0 Å². The molecule has 0 amide bonds. The highest BCUT2D eigenvalue weighted by molar-refractivity contribution is 6.03. The SMILES string of the molecule is CC(=Nc1ccc(N=C(C)c2cccc(C(C)=Nc3cc(F)ccc3C)n2)cc1)c1cccc(C(C)=Nc2cc(F)ccc2C)n1. The summed E-state index contributed by atoms with van der Waals surface area (Å²) in [6.07, 6.45) is 0. The Labute approximate surface area is 268 Å².